The van der Waals surface area contributed by atoms with Crippen molar-refractivity contribution in [1.29, 1.82) is 0 Å². The Hall–Kier alpha value is -2.17. The van der Waals surface area contributed by atoms with E-state index in [0.29, 0.717) is 30.6 Å². The van der Waals surface area contributed by atoms with Gasteiger partial charge < -0.3 is 9.32 Å². The number of rotatable bonds is 5. The molecule has 0 bridgehead atoms. The summed E-state index contributed by atoms with van der Waals surface area (Å²) in [6, 6.07) is 10.5. The van der Waals surface area contributed by atoms with Crippen LogP contribution in [-0.2, 0) is 11.2 Å². The van der Waals surface area contributed by atoms with Gasteiger partial charge in [0.15, 0.2) is 0 Å². The van der Waals surface area contributed by atoms with Crippen molar-refractivity contribution in [2.75, 3.05) is 13.1 Å². The fraction of sp³-hybridized carbons (Fsp3) is 0.550. The normalized spacial score (nSPS) is 21.1. The number of aryl methyl sites for hydroxylation is 1. The molecule has 1 unspecified atom stereocenters. The van der Waals surface area contributed by atoms with Crippen LogP contribution in [0.4, 0.5) is 0 Å². The van der Waals surface area contributed by atoms with Crippen molar-refractivity contribution in [3.05, 3.63) is 47.7 Å². The van der Waals surface area contributed by atoms with Gasteiger partial charge in [-0.3, -0.25) is 4.79 Å². The van der Waals surface area contributed by atoms with Crippen molar-refractivity contribution in [3.8, 4) is 0 Å². The second kappa shape index (κ2) is 7.38. The standard InChI is InChI=1S/C20H25N3O2/c24-19(23-13-12-17(14-23)15-6-2-1-3-7-15)11-10-18-21-22-20(25-18)16-8-4-5-9-16/h1-3,6-7,16-17H,4-5,8-14H2. The smallest absolute Gasteiger partial charge is 0.223 e. The molecule has 0 radical (unpaired) electrons. The first-order chi connectivity index (χ1) is 12.3. The topological polar surface area (TPSA) is 59.2 Å². The number of carbonyl (C=O) groups is 1. The van der Waals surface area contributed by atoms with Crippen molar-refractivity contribution in [2.45, 2.75) is 56.8 Å². The van der Waals surface area contributed by atoms with E-state index in [1.807, 2.05) is 11.0 Å². The van der Waals surface area contributed by atoms with Crippen molar-refractivity contribution in [2.24, 2.45) is 0 Å². The average molecular weight is 339 g/mol. The Morgan fingerprint density at radius 1 is 1.08 bits per heavy atom. The third-order valence-electron chi connectivity index (χ3n) is 5.55. The molecule has 2 heterocycles. The maximum atomic E-state index is 12.5. The summed E-state index contributed by atoms with van der Waals surface area (Å²) >= 11 is 0. The van der Waals surface area contributed by atoms with E-state index in [-0.39, 0.29) is 5.91 Å². The number of amides is 1. The van der Waals surface area contributed by atoms with Gasteiger partial charge in [0.2, 0.25) is 17.7 Å². The Morgan fingerprint density at radius 3 is 2.68 bits per heavy atom. The predicted octanol–water partition coefficient (Wildman–Crippen LogP) is 3.68. The predicted molar refractivity (Wildman–Crippen MR) is 94.2 cm³/mol. The second-order valence-electron chi connectivity index (χ2n) is 7.25. The van der Waals surface area contributed by atoms with E-state index in [4.69, 9.17) is 4.42 Å². The maximum absolute atomic E-state index is 12.5. The number of likely N-dealkylation sites (tertiary alicyclic amines) is 1. The Kier molecular flexibility index (Phi) is 4.81. The van der Waals surface area contributed by atoms with Gasteiger partial charge >= 0.3 is 0 Å². The number of hydrogen-bond acceptors (Lipinski definition) is 4. The van der Waals surface area contributed by atoms with Crippen LogP contribution in [0.25, 0.3) is 0 Å². The number of carbonyl (C=O) groups excluding carboxylic acids is 1. The summed E-state index contributed by atoms with van der Waals surface area (Å²) in [5.41, 5.74) is 1.33. The van der Waals surface area contributed by atoms with E-state index >= 15 is 0 Å². The molecule has 4 rings (SSSR count). The zero-order chi connectivity index (χ0) is 17.1. The molecule has 1 aliphatic heterocycles. The molecule has 5 heteroatoms. The Morgan fingerprint density at radius 2 is 1.88 bits per heavy atom. The van der Waals surface area contributed by atoms with Crippen molar-refractivity contribution in [3.63, 3.8) is 0 Å². The molecule has 2 aromatic rings. The van der Waals surface area contributed by atoms with Crippen LogP contribution in [0.2, 0.25) is 0 Å². The molecule has 1 aliphatic carbocycles. The molecule has 0 spiro atoms. The Balaban J connectivity index is 1.28. The third-order valence-corrected chi connectivity index (χ3v) is 5.55. The first-order valence-corrected chi connectivity index (χ1v) is 9.44. The van der Waals surface area contributed by atoms with Crippen LogP contribution in [-0.4, -0.2) is 34.1 Å². The summed E-state index contributed by atoms with van der Waals surface area (Å²) in [4.78, 5) is 14.5. The summed E-state index contributed by atoms with van der Waals surface area (Å²) in [5.74, 6) is 2.46. The van der Waals surface area contributed by atoms with E-state index < -0.39 is 0 Å². The van der Waals surface area contributed by atoms with Crippen molar-refractivity contribution in [1.82, 2.24) is 15.1 Å². The summed E-state index contributed by atoms with van der Waals surface area (Å²) in [6.07, 6.45) is 6.84. The lowest BCUT2D eigenvalue weighted by Crippen LogP contribution is -2.28. The molecule has 1 atom stereocenters. The maximum Gasteiger partial charge on any atom is 0.223 e. The molecular formula is C20H25N3O2. The molecule has 2 aliphatic rings. The van der Waals surface area contributed by atoms with E-state index in [9.17, 15) is 4.79 Å². The summed E-state index contributed by atoms with van der Waals surface area (Å²) < 4.78 is 5.78. The SMILES string of the molecule is O=C(CCc1nnc(C2CCCC2)o1)N1CCC(c2ccccc2)C1. The van der Waals surface area contributed by atoms with Gasteiger partial charge in [-0.2, -0.15) is 0 Å². The van der Waals surface area contributed by atoms with Gasteiger partial charge in [0.1, 0.15) is 0 Å². The molecule has 1 amide bonds. The Bertz CT molecular complexity index is 707. The Labute approximate surface area is 148 Å². The lowest BCUT2D eigenvalue weighted by atomic mass is 9.99. The molecule has 1 aromatic carbocycles. The zero-order valence-corrected chi connectivity index (χ0v) is 14.6. The summed E-state index contributed by atoms with van der Waals surface area (Å²) in [5, 5.41) is 8.32. The quantitative estimate of drug-likeness (QED) is 0.834. The highest BCUT2D eigenvalue weighted by Gasteiger charge is 2.27. The van der Waals surface area contributed by atoms with E-state index in [1.165, 1.54) is 18.4 Å². The van der Waals surface area contributed by atoms with Gasteiger partial charge in [-0.05, 0) is 24.8 Å². The summed E-state index contributed by atoms with van der Waals surface area (Å²) in [7, 11) is 0. The van der Waals surface area contributed by atoms with Crippen LogP contribution in [0.15, 0.2) is 34.7 Å². The molecule has 1 saturated heterocycles. The van der Waals surface area contributed by atoms with E-state index in [2.05, 4.69) is 34.5 Å². The molecule has 2 fully saturated rings. The minimum absolute atomic E-state index is 0.194. The highest BCUT2D eigenvalue weighted by molar-refractivity contribution is 5.76. The highest BCUT2D eigenvalue weighted by Crippen LogP contribution is 2.33. The van der Waals surface area contributed by atoms with Crippen molar-refractivity contribution >= 4 is 5.91 Å². The third kappa shape index (κ3) is 3.75. The van der Waals surface area contributed by atoms with Gasteiger partial charge in [-0.15, -0.1) is 10.2 Å². The van der Waals surface area contributed by atoms with Crippen molar-refractivity contribution < 1.29 is 9.21 Å². The first kappa shape index (κ1) is 16.3. The van der Waals surface area contributed by atoms with Crippen LogP contribution < -0.4 is 0 Å². The zero-order valence-electron chi connectivity index (χ0n) is 14.6. The first-order valence-electron chi connectivity index (χ1n) is 9.44. The minimum Gasteiger partial charge on any atom is -0.425 e. The summed E-state index contributed by atoms with van der Waals surface area (Å²) in [6.45, 7) is 1.66. The molecule has 1 saturated carbocycles. The number of aromatic nitrogens is 2. The molecule has 1 aromatic heterocycles. The molecule has 0 N–H and O–H groups in total. The average Bonchev–Trinajstić information content (AvgIpc) is 3.41. The van der Waals surface area contributed by atoms with Gasteiger partial charge in [0.05, 0.1) is 0 Å². The van der Waals surface area contributed by atoms with Gasteiger partial charge in [-0.25, -0.2) is 0 Å². The molecule has 132 valence electrons. The minimum atomic E-state index is 0.194. The number of benzene rings is 1. The lowest BCUT2D eigenvalue weighted by Gasteiger charge is -2.16. The van der Waals surface area contributed by atoms with Gasteiger partial charge in [0.25, 0.3) is 0 Å². The van der Waals surface area contributed by atoms with Crippen LogP contribution in [0.1, 0.15) is 67.7 Å². The fourth-order valence-corrected chi connectivity index (χ4v) is 4.06. The molecular weight excluding hydrogens is 314 g/mol. The van der Waals surface area contributed by atoms with Crippen LogP contribution >= 0.6 is 0 Å². The van der Waals surface area contributed by atoms with Crippen LogP contribution in [0.5, 0.6) is 0 Å². The monoisotopic (exact) mass is 339 g/mol. The van der Waals surface area contributed by atoms with Crippen LogP contribution in [0.3, 0.4) is 0 Å². The second-order valence-corrected chi connectivity index (χ2v) is 7.25. The fourth-order valence-electron chi connectivity index (χ4n) is 4.06. The highest BCUT2D eigenvalue weighted by atomic mass is 16.4. The lowest BCUT2D eigenvalue weighted by molar-refractivity contribution is -0.130. The number of hydrogen-bond donors (Lipinski definition) is 0. The van der Waals surface area contributed by atoms with Crippen LogP contribution in [0, 0.1) is 0 Å². The van der Waals surface area contributed by atoms with Gasteiger partial charge in [0, 0.05) is 37.8 Å². The van der Waals surface area contributed by atoms with Gasteiger partial charge in [-0.1, -0.05) is 43.2 Å². The van der Waals surface area contributed by atoms with E-state index in [0.717, 1.165) is 38.2 Å². The molecule has 25 heavy (non-hydrogen) atoms. The van der Waals surface area contributed by atoms with E-state index in [1.54, 1.807) is 0 Å². The molecule has 5 nitrogen and oxygen atoms in total. The largest absolute Gasteiger partial charge is 0.425 e. The number of nitrogens with zero attached hydrogens (tertiary/aromatic N) is 3.